The van der Waals surface area contributed by atoms with Crippen molar-refractivity contribution < 1.29 is 32.2 Å². The second kappa shape index (κ2) is 5.67. The molecule has 2 aromatic carbocycles. The molecule has 0 spiro atoms. The number of carbonyl (C=O) groups is 1. The van der Waals surface area contributed by atoms with Gasteiger partial charge in [0, 0.05) is 0 Å². The minimum Gasteiger partial charge on any atom is -0.478 e. The highest BCUT2D eigenvalue weighted by Crippen LogP contribution is 2.28. The Hall–Kier alpha value is -2.57. The Labute approximate surface area is 122 Å². The zero-order chi connectivity index (χ0) is 16.5. The first-order valence-electron chi connectivity index (χ1n) is 6.07. The third-order valence-electron chi connectivity index (χ3n) is 2.92. The van der Waals surface area contributed by atoms with Gasteiger partial charge < -0.3 is 9.84 Å². The van der Waals surface area contributed by atoms with Gasteiger partial charge in [-0.3, -0.25) is 0 Å². The van der Waals surface area contributed by atoms with Crippen LogP contribution in [0.2, 0.25) is 0 Å². The highest BCUT2D eigenvalue weighted by atomic mass is 19.4. The standard InChI is InChI=1S/C15H10F4O3/c1-8-6-10(7-12(16)13(8)14(20)21)9-2-4-11(5-3-9)22-15(17,18)19/h2-7H,1H3,(H,20,21). The van der Waals surface area contributed by atoms with Gasteiger partial charge in [0.25, 0.3) is 0 Å². The molecule has 0 aliphatic rings. The fraction of sp³-hybridized carbons (Fsp3) is 0.133. The number of halogens is 4. The molecule has 7 heteroatoms. The molecule has 3 nitrogen and oxygen atoms in total. The Balaban J connectivity index is 2.35. The van der Waals surface area contributed by atoms with Gasteiger partial charge in [-0.1, -0.05) is 18.2 Å². The van der Waals surface area contributed by atoms with E-state index in [1.165, 1.54) is 25.1 Å². The SMILES string of the molecule is Cc1cc(-c2ccc(OC(F)(F)F)cc2)cc(F)c1C(=O)O. The molecular formula is C15H10F4O3. The quantitative estimate of drug-likeness (QED) is 0.854. The predicted octanol–water partition coefficient (Wildman–Crippen LogP) is 4.40. The molecule has 0 unspecified atom stereocenters. The van der Waals surface area contributed by atoms with Crippen LogP contribution in [0, 0.1) is 12.7 Å². The molecule has 116 valence electrons. The van der Waals surface area contributed by atoms with Crippen LogP contribution in [-0.2, 0) is 0 Å². The number of benzene rings is 2. The van der Waals surface area contributed by atoms with Crippen molar-refractivity contribution in [2.45, 2.75) is 13.3 Å². The number of carboxylic acids is 1. The third-order valence-corrected chi connectivity index (χ3v) is 2.92. The molecule has 0 atom stereocenters. The number of rotatable bonds is 3. The van der Waals surface area contributed by atoms with Crippen LogP contribution in [0.3, 0.4) is 0 Å². The fourth-order valence-corrected chi connectivity index (χ4v) is 2.03. The van der Waals surface area contributed by atoms with E-state index in [9.17, 15) is 22.4 Å². The van der Waals surface area contributed by atoms with Crippen molar-refractivity contribution in [3.8, 4) is 16.9 Å². The van der Waals surface area contributed by atoms with Crippen LogP contribution in [0.4, 0.5) is 17.6 Å². The fourth-order valence-electron chi connectivity index (χ4n) is 2.03. The maximum absolute atomic E-state index is 13.8. The van der Waals surface area contributed by atoms with E-state index in [1.54, 1.807) is 0 Å². The van der Waals surface area contributed by atoms with Gasteiger partial charge in [-0.15, -0.1) is 13.2 Å². The van der Waals surface area contributed by atoms with E-state index in [0.29, 0.717) is 11.1 Å². The average molecular weight is 314 g/mol. The summed E-state index contributed by atoms with van der Waals surface area (Å²) in [5.41, 5.74) is 0.589. The molecule has 0 aromatic heterocycles. The van der Waals surface area contributed by atoms with Crippen molar-refractivity contribution in [3.63, 3.8) is 0 Å². The van der Waals surface area contributed by atoms with Crippen LogP contribution in [0.5, 0.6) is 5.75 Å². The normalized spacial score (nSPS) is 11.3. The molecule has 0 fully saturated rings. The first-order chi connectivity index (χ1) is 10.2. The highest BCUT2D eigenvalue weighted by molar-refractivity contribution is 5.90. The number of aromatic carboxylic acids is 1. The summed E-state index contributed by atoms with van der Waals surface area (Å²) in [6.45, 7) is 1.44. The van der Waals surface area contributed by atoms with Crippen molar-refractivity contribution in [2.75, 3.05) is 0 Å². The van der Waals surface area contributed by atoms with Crippen LogP contribution in [0.25, 0.3) is 11.1 Å². The van der Waals surface area contributed by atoms with Crippen LogP contribution in [0.1, 0.15) is 15.9 Å². The smallest absolute Gasteiger partial charge is 0.478 e. The third kappa shape index (κ3) is 3.55. The van der Waals surface area contributed by atoms with E-state index in [4.69, 9.17) is 5.11 Å². The van der Waals surface area contributed by atoms with Gasteiger partial charge in [-0.05, 0) is 41.8 Å². The summed E-state index contributed by atoms with van der Waals surface area (Å²) in [5, 5.41) is 8.89. The number of carboxylic acid groups (broad SMARTS) is 1. The zero-order valence-corrected chi connectivity index (χ0v) is 11.2. The van der Waals surface area contributed by atoms with E-state index < -0.39 is 29.5 Å². The maximum atomic E-state index is 13.8. The molecule has 2 aromatic rings. The number of hydrogen-bond acceptors (Lipinski definition) is 2. The van der Waals surface area contributed by atoms with Gasteiger partial charge in [-0.2, -0.15) is 0 Å². The van der Waals surface area contributed by atoms with Crippen molar-refractivity contribution in [2.24, 2.45) is 0 Å². The second-order valence-electron chi connectivity index (χ2n) is 4.53. The van der Waals surface area contributed by atoms with Gasteiger partial charge in [0.2, 0.25) is 0 Å². The average Bonchev–Trinajstić information content (AvgIpc) is 2.36. The summed E-state index contributed by atoms with van der Waals surface area (Å²) in [4.78, 5) is 10.9. The largest absolute Gasteiger partial charge is 0.573 e. The Morgan fingerprint density at radius 1 is 1.09 bits per heavy atom. The zero-order valence-electron chi connectivity index (χ0n) is 11.2. The monoisotopic (exact) mass is 314 g/mol. The lowest BCUT2D eigenvalue weighted by Gasteiger charge is -2.10. The first-order valence-corrected chi connectivity index (χ1v) is 6.07. The van der Waals surface area contributed by atoms with Crippen LogP contribution < -0.4 is 4.74 Å². The van der Waals surface area contributed by atoms with E-state index >= 15 is 0 Å². The lowest BCUT2D eigenvalue weighted by atomic mass is 9.99. The summed E-state index contributed by atoms with van der Waals surface area (Å²) in [6, 6.07) is 7.33. The van der Waals surface area contributed by atoms with Crippen LogP contribution in [0.15, 0.2) is 36.4 Å². The topological polar surface area (TPSA) is 46.5 Å². The Morgan fingerprint density at radius 3 is 2.14 bits per heavy atom. The summed E-state index contributed by atoms with van der Waals surface area (Å²) < 4.78 is 53.7. The molecular weight excluding hydrogens is 304 g/mol. The summed E-state index contributed by atoms with van der Waals surface area (Å²) in [7, 11) is 0. The number of aryl methyl sites for hydroxylation is 1. The van der Waals surface area contributed by atoms with E-state index in [1.807, 2.05) is 0 Å². The molecule has 0 saturated heterocycles. The van der Waals surface area contributed by atoms with Gasteiger partial charge in [0.15, 0.2) is 0 Å². The molecule has 0 radical (unpaired) electrons. The summed E-state index contributed by atoms with van der Waals surface area (Å²) in [6.07, 6.45) is -4.78. The summed E-state index contributed by atoms with van der Waals surface area (Å²) >= 11 is 0. The van der Waals surface area contributed by atoms with Gasteiger partial charge >= 0.3 is 12.3 Å². The number of alkyl halides is 3. The molecule has 0 aliphatic carbocycles. The Morgan fingerprint density at radius 2 is 1.68 bits per heavy atom. The van der Waals surface area contributed by atoms with E-state index in [0.717, 1.165) is 18.2 Å². The van der Waals surface area contributed by atoms with Crippen molar-refractivity contribution in [1.82, 2.24) is 0 Å². The van der Waals surface area contributed by atoms with Crippen molar-refractivity contribution >= 4 is 5.97 Å². The van der Waals surface area contributed by atoms with E-state index in [-0.39, 0.29) is 5.56 Å². The number of ether oxygens (including phenoxy) is 1. The van der Waals surface area contributed by atoms with Gasteiger partial charge in [0.1, 0.15) is 11.6 Å². The van der Waals surface area contributed by atoms with Crippen molar-refractivity contribution in [1.29, 1.82) is 0 Å². The summed E-state index contributed by atoms with van der Waals surface area (Å²) in [5.74, 6) is -2.68. The van der Waals surface area contributed by atoms with Crippen molar-refractivity contribution in [3.05, 3.63) is 53.3 Å². The maximum Gasteiger partial charge on any atom is 0.573 e. The minimum atomic E-state index is -4.78. The van der Waals surface area contributed by atoms with Gasteiger partial charge in [0.05, 0.1) is 5.56 Å². The van der Waals surface area contributed by atoms with Gasteiger partial charge in [-0.25, -0.2) is 9.18 Å². The second-order valence-corrected chi connectivity index (χ2v) is 4.53. The molecule has 0 aliphatic heterocycles. The predicted molar refractivity (Wildman–Crippen MR) is 70.2 cm³/mol. The van der Waals surface area contributed by atoms with E-state index in [2.05, 4.69) is 4.74 Å². The Bertz CT molecular complexity index is 683. The lowest BCUT2D eigenvalue weighted by Crippen LogP contribution is -2.16. The highest BCUT2D eigenvalue weighted by Gasteiger charge is 2.31. The van der Waals surface area contributed by atoms with Crippen LogP contribution in [-0.4, -0.2) is 17.4 Å². The molecule has 0 saturated carbocycles. The molecule has 0 bridgehead atoms. The van der Waals surface area contributed by atoms with Crippen LogP contribution >= 0.6 is 0 Å². The Kier molecular flexibility index (Phi) is 4.07. The molecule has 0 heterocycles. The molecule has 22 heavy (non-hydrogen) atoms. The molecule has 2 rings (SSSR count). The first kappa shape index (κ1) is 15.8. The number of hydrogen-bond donors (Lipinski definition) is 1. The minimum absolute atomic E-state index is 0.220. The lowest BCUT2D eigenvalue weighted by molar-refractivity contribution is -0.274. The molecule has 0 amide bonds. The molecule has 1 N–H and O–H groups in total.